The fourth-order valence-corrected chi connectivity index (χ4v) is 3.52. The van der Waals surface area contributed by atoms with E-state index in [1.807, 2.05) is 30.5 Å². The minimum Gasteiger partial charge on any atom is -0.368 e. The standard InChI is InChI=1S/C23H29N7O/c1-23(2,3)16-7-8-24-18(13-16)19-14-20(22(31)28-27-19)26-21-6-5-17(15-25-21)30-11-9-29(4)10-12-30/h5-8,13-15H,9-12H2,1-4H3,(H,28,31)(H,25,26,27). The summed E-state index contributed by atoms with van der Waals surface area (Å²) in [5.74, 6) is 0.608. The van der Waals surface area contributed by atoms with Crippen LogP contribution in [0, 0.1) is 0 Å². The minimum absolute atomic E-state index is 0.00357. The third-order valence-corrected chi connectivity index (χ3v) is 5.57. The summed E-state index contributed by atoms with van der Waals surface area (Å²) in [5, 5.41) is 9.86. The van der Waals surface area contributed by atoms with Gasteiger partial charge in [-0.3, -0.25) is 9.78 Å². The van der Waals surface area contributed by atoms with Crippen LogP contribution in [0.15, 0.2) is 47.5 Å². The van der Waals surface area contributed by atoms with E-state index in [2.05, 4.69) is 63.1 Å². The van der Waals surface area contributed by atoms with Gasteiger partial charge in [0.15, 0.2) is 0 Å². The second-order valence-corrected chi connectivity index (χ2v) is 8.99. The SMILES string of the molecule is CN1CCN(c2ccc(Nc3cc(-c4cc(C(C)(C)C)ccn4)n[nH]c3=O)nc2)CC1. The molecular formula is C23H29N7O. The van der Waals surface area contributed by atoms with Crippen LogP contribution in [0.2, 0.25) is 0 Å². The van der Waals surface area contributed by atoms with E-state index in [0.717, 1.165) is 37.4 Å². The average Bonchev–Trinajstić information content (AvgIpc) is 2.76. The van der Waals surface area contributed by atoms with Gasteiger partial charge in [-0.1, -0.05) is 20.8 Å². The minimum atomic E-state index is -0.305. The Kier molecular flexibility index (Phi) is 5.73. The molecule has 0 spiro atoms. The van der Waals surface area contributed by atoms with E-state index in [-0.39, 0.29) is 11.0 Å². The normalized spacial score (nSPS) is 15.2. The van der Waals surface area contributed by atoms with Gasteiger partial charge in [-0.05, 0) is 48.4 Å². The molecule has 8 heteroatoms. The summed E-state index contributed by atoms with van der Waals surface area (Å²) < 4.78 is 0. The Hall–Kier alpha value is -3.26. The van der Waals surface area contributed by atoms with Gasteiger partial charge >= 0.3 is 0 Å². The number of likely N-dealkylation sites (N-methyl/N-ethyl adjacent to an activating group) is 1. The van der Waals surface area contributed by atoms with E-state index < -0.39 is 0 Å². The van der Waals surface area contributed by atoms with Crippen LogP contribution in [0.3, 0.4) is 0 Å². The number of aromatic amines is 1. The van der Waals surface area contributed by atoms with Gasteiger partial charge in [0.1, 0.15) is 17.2 Å². The monoisotopic (exact) mass is 419 g/mol. The van der Waals surface area contributed by atoms with Crippen LogP contribution < -0.4 is 15.8 Å². The van der Waals surface area contributed by atoms with Crippen molar-refractivity contribution in [1.82, 2.24) is 25.1 Å². The van der Waals surface area contributed by atoms with Crippen LogP contribution in [-0.2, 0) is 5.41 Å². The third-order valence-electron chi connectivity index (χ3n) is 5.57. The fourth-order valence-electron chi connectivity index (χ4n) is 3.52. The number of hydrogen-bond donors (Lipinski definition) is 2. The second-order valence-electron chi connectivity index (χ2n) is 8.99. The van der Waals surface area contributed by atoms with Crippen molar-refractivity contribution in [2.45, 2.75) is 26.2 Å². The molecule has 3 aromatic heterocycles. The van der Waals surface area contributed by atoms with Crippen LogP contribution in [-0.4, -0.2) is 58.3 Å². The molecular weight excluding hydrogens is 390 g/mol. The number of pyridine rings is 2. The Balaban J connectivity index is 1.54. The van der Waals surface area contributed by atoms with Crippen molar-refractivity contribution >= 4 is 17.2 Å². The van der Waals surface area contributed by atoms with Crippen LogP contribution in [0.5, 0.6) is 0 Å². The molecule has 162 valence electrons. The maximum Gasteiger partial charge on any atom is 0.287 e. The van der Waals surface area contributed by atoms with Crippen molar-refractivity contribution in [2.24, 2.45) is 0 Å². The molecule has 1 aliphatic rings. The summed E-state index contributed by atoms with van der Waals surface area (Å²) in [5.41, 5.74) is 3.63. The van der Waals surface area contributed by atoms with Gasteiger partial charge in [0.05, 0.1) is 17.6 Å². The number of piperazine rings is 1. The number of aromatic nitrogens is 4. The van der Waals surface area contributed by atoms with Crippen molar-refractivity contribution in [3.05, 3.63) is 58.6 Å². The predicted molar refractivity (Wildman–Crippen MR) is 124 cm³/mol. The number of H-pyrrole nitrogens is 1. The van der Waals surface area contributed by atoms with Crippen LogP contribution in [0.4, 0.5) is 17.2 Å². The molecule has 1 aliphatic heterocycles. The topological polar surface area (TPSA) is 90.0 Å². The predicted octanol–water partition coefficient (Wildman–Crippen LogP) is 3.02. The number of rotatable bonds is 4. The third kappa shape index (κ3) is 4.91. The molecule has 4 heterocycles. The van der Waals surface area contributed by atoms with E-state index in [4.69, 9.17) is 0 Å². The fraction of sp³-hybridized carbons (Fsp3) is 0.391. The molecule has 0 aromatic carbocycles. The summed E-state index contributed by atoms with van der Waals surface area (Å²) in [6, 6.07) is 9.65. The van der Waals surface area contributed by atoms with Crippen LogP contribution in [0.25, 0.3) is 11.4 Å². The lowest BCUT2D eigenvalue weighted by molar-refractivity contribution is 0.313. The molecule has 0 amide bonds. The van der Waals surface area contributed by atoms with Gasteiger partial charge in [0.25, 0.3) is 5.56 Å². The van der Waals surface area contributed by atoms with E-state index in [1.54, 1.807) is 12.3 Å². The van der Waals surface area contributed by atoms with E-state index in [0.29, 0.717) is 22.9 Å². The number of nitrogens with one attached hydrogen (secondary N) is 2. The molecule has 1 saturated heterocycles. The summed E-state index contributed by atoms with van der Waals surface area (Å²) in [6.45, 7) is 10.5. The first-order chi connectivity index (χ1) is 14.8. The first kappa shape index (κ1) is 21.0. The van der Waals surface area contributed by atoms with E-state index in [1.165, 1.54) is 0 Å². The first-order valence-electron chi connectivity index (χ1n) is 10.5. The number of nitrogens with zero attached hydrogens (tertiary/aromatic N) is 5. The lowest BCUT2D eigenvalue weighted by Gasteiger charge is -2.33. The van der Waals surface area contributed by atoms with Gasteiger partial charge in [0, 0.05) is 32.4 Å². The summed E-state index contributed by atoms with van der Waals surface area (Å²) >= 11 is 0. The lowest BCUT2D eigenvalue weighted by atomic mass is 9.87. The molecule has 0 radical (unpaired) electrons. The van der Waals surface area contributed by atoms with Crippen molar-refractivity contribution in [3.8, 4) is 11.4 Å². The zero-order valence-electron chi connectivity index (χ0n) is 18.5. The summed E-state index contributed by atoms with van der Waals surface area (Å²) in [6.07, 6.45) is 3.62. The maximum absolute atomic E-state index is 12.3. The van der Waals surface area contributed by atoms with Gasteiger partial charge in [-0.25, -0.2) is 10.1 Å². The average molecular weight is 420 g/mol. The Morgan fingerprint density at radius 2 is 1.77 bits per heavy atom. The largest absolute Gasteiger partial charge is 0.368 e. The lowest BCUT2D eigenvalue weighted by Crippen LogP contribution is -2.44. The van der Waals surface area contributed by atoms with Crippen molar-refractivity contribution in [3.63, 3.8) is 0 Å². The molecule has 0 saturated carbocycles. The molecule has 8 nitrogen and oxygen atoms in total. The molecule has 0 aliphatic carbocycles. The Morgan fingerprint density at radius 1 is 1.00 bits per heavy atom. The smallest absolute Gasteiger partial charge is 0.287 e. The molecule has 0 atom stereocenters. The van der Waals surface area contributed by atoms with Crippen molar-refractivity contribution in [1.29, 1.82) is 0 Å². The molecule has 2 N–H and O–H groups in total. The molecule has 3 aromatic rings. The Bertz CT molecular complexity index is 1090. The highest BCUT2D eigenvalue weighted by molar-refractivity contribution is 5.64. The van der Waals surface area contributed by atoms with Crippen LogP contribution >= 0.6 is 0 Å². The molecule has 1 fully saturated rings. The number of hydrogen-bond acceptors (Lipinski definition) is 7. The molecule has 0 bridgehead atoms. The Labute approximate surface area is 182 Å². The van der Waals surface area contributed by atoms with E-state index in [9.17, 15) is 4.79 Å². The van der Waals surface area contributed by atoms with Crippen molar-refractivity contribution < 1.29 is 0 Å². The highest BCUT2D eigenvalue weighted by Crippen LogP contribution is 2.26. The molecule has 4 rings (SSSR count). The number of anilines is 3. The summed E-state index contributed by atoms with van der Waals surface area (Å²) in [7, 11) is 2.14. The van der Waals surface area contributed by atoms with Gasteiger partial charge in [-0.15, -0.1) is 0 Å². The zero-order chi connectivity index (χ0) is 22.0. The van der Waals surface area contributed by atoms with Gasteiger partial charge in [-0.2, -0.15) is 5.10 Å². The maximum atomic E-state index is 12.3. The Morgan fingerprint density at radius 3 is 2.45 bits per heavy atom. The highest BCUT2D eigenvalue weighted by atomic mass is 16.1. The van der Waals surface area contributed by atoms with E-state index >= 15 is 0 Å². The zero-order valence-corrected chi connectivity index (χ0v) is 18.5. The van der Waals surface area contributed by atoms with Crippen LogP contribution in [0.1, 0.15) is 26.3 Å². The first-order valence-corrected chi connectivity index (χ1v) is 10.5. The molecule has 31 heavy (non-hydrogen) atoms. The van der Waals surface area contributed by atoms with Gasteiger partial charge < -0.3 is 15.1 Å². The second kappa shape index (κ2) is 8.47. The quantitative estimate of drug-likeness (QED) is 0.672. The van der Waals surface area contributed by atoms with Crippen molar-refractivity contribution in [2.75, 3.05) is 43.4 Å². The molecule has 0 unspecified atom stereocenters. The summed E-state index contributed by atoms with van der Waals surface area (Å²) in [4.78, 5) is 25.9. The highest BCUT2D eigenvalue weighted by Gasteiger charge is 2.17. The van der Waals surface area contributed by atoms with Gasteiger partial charge in [0.2, 0.25) is 0 Å².